The van der Waals surface area contributed by atoms with Crippen LogP contribution < -0.4 is 11.2 Å². The highest BCUT2D eigenvalue weighted by molar-refractivity contribution is 7.89. The Morgan fingerprint density at radius 1 is 1.29 bits per heavy atom. The number of anilines is 1. The van der Waals surface area contributed by atoms with Crippen molar-refractivity contribution in [2.75, 3.05) is 11.9 Å². The van der Waals surface area contributed by atoms with E-state index in [4.69, 9.17) is 26.8 Å². The van der Waals surface area contributed by atoms with Crippen molar-refractivity contribution in [3.05, 3.63) is 47.6 Å². The average molecular weight is 420 g/mol. The van der Waals surface area contributed by atoms with Crippen molar-refractivity contribution < 1.29 is 8.47 Å². The van der Waals surface area contributed by atoms with Gasteiger partial charge in [0.25, 0.3) is 0 Å². The molecule has 2 atom stereocenters. The van der Waals surface area contributed by atoms with Crippen molar-refractivity contribution in [3.8, 4) is 11.3 Å². The third-order valence-corrected chi connectivity index (χ3v) is 5.64. The minimum Gasteiger partial charge on any atom is -0.367 e. The second-order valence-electron chi connectivity index (χ2n) is 6.94. The van der Waals surface area contributed by atoms with Crippen LogP contribution in [0.2, 0.25) is 5.02 Å². The minimum atomic E-state index is 0.410. The van der Waals surface area contributed by atoms with Crippen LogP contribution in [0.15, 0.2) is 42.6 Å². The van der Waals surface area contributed by atoms with Crippen LogP contribution in [0.25, 0.3) is 16.9 Å². The van der Waals surface area contributed by atoms with Gasteiger partial charge in [0.1, 0.15) is 5.82 Å². The van der Waals surface area contributed by atoms with Gasteiger partial charge in [-0.2, -0.15) is 15.5 Å². The van der Waals surface area contributed by atoms with E-state index in [0.717, 1.165) is 54.3 Å². The summed E-state index contributed by atoms with van der Waals surface area (Å²) in [6.45, 7) is 0.640. The van der Waals surface area contributed by atoms with Gasteiger partial charge in [-0.25, -0.2) is 9.27 Å². The zero-order chi connectivity index (χ0) is 19.3. The average Bonchev–Trinajstić information content (AvgIpc) is 3.33. The van der Waals surface area contributed by atoms with Crippen LogP contribution in [0.1, 0.15) is 25.7 Å². The second kappa shape index (κ2) is 9.11. The fraction of sp³-hybridized carbons (Fsp3) is 0.368. The summed E-state index contributed by atoms with van der Waals surface area (Å²) in [6.07, 6.45) is 6.21. The maximum atomic E-state index is 6.12. The molecule has 3 aromatic rings. The van der Waals surface area contributed by atoms with Gasteiger partial charge in [-0.15, -0.1) is 0 Å². The Bertz CT molecular complexity index is 938. The third kappa shape index (κ3) is 4.59. The molecule has 0 bridgehead atoms. The summed E-state index contributed by atoms with van der Waals surface area (Å²) in [7, 11) is 0. The summed E-state index contributed by atoms with van der Waals surface area (Å²) in [5, 5.41) is 9.07. The molecule has 3 N–H and O–H groups in total. The Morgan fingerprint density at radius 2 is 2.21 bits per heavy atom. The smallest absolute Gasteiger partial charge is 0.178 e. The van der Waals surface area contributed by atoms with Gasteiger partial charge in [-0.3, -0.25) is 4.18 Å². The lowest BCUT2D eigenvalue weighted by atomic mass is 10.0. The molecule has 1 saturated carbocycles. The summed E-state index contributed by atoms with van der Waals surface area (Å²) >= 11 is 6.95. The SMILES string of the molecule is NOSOCC[C@@H]1CCC(Nc2ccnc3cc(-c4cccc(Cl)c4)nn23)C1. The molecule has 1 fully saturated rings. The van der Waals surface area contributed by atoms with Crippen LogP contribution in [0, 0.1) is 5.92 Å². The van der Waals surface area contributed by atoms with E-state index in [1.165, 1.54) is 6.42 Å². The Hall–Kier alpha value is -1.84. The van der Waals surface area contributed by atoms with Crippen LogP contribution in [-0.4, -0.2) is 27.2 Å². The lowest BCUT2D eigenvalue weighted by Gasteiger charge is -2.15. The number of nitrogens with one attached hydrogen (secondary N) is 1. The summed E-state index contributed by atoms with van der Waals surface area (Å²) in [5.41, 5.74) is 2.64. The number of halogens is 1. The molecule has 0 spiro atoms. The van der Waals surface area contributed by atoms with E-state index in [1.54, 1.807) is 0 Å². The van der Waals surface area contributed by atoms with Gasteiger partial charge in [-0.1, -0.05) is 23.7 Å². The van der Waals surface area contributed by atoms with E-state index in [0.29, 0.717) is 23.6 Å². The van der Waals surface area contributed by atoms with Gasteiger partial charge in [0, 0.05) is 28.9 Å². The summed E-state index contributed by atoms with van der Waals surface area (Å²) in [4.78, 5) is 4.44. The highest BCUT2D eigenvalue weighted by atomic mass is 35.5. The summed E-state index contributed by atoms with van der Waals surface area (Å²) in [6, 6.07) is 12.0. The maximum Gasteiger partial charge on any atom is 0.178 e. The molecule has 0 saturated heterocycles. The van der Waals surface area contributed by atoms with E-state index in [2.05, 4.69) is 14.6 Å². The lowest BCUT2D eigenvalue weighted by Crippen LogP contribution is -2.18. The number of hydrogen-bond acceptors (Lipinski definition) is 7. The van der Waals surface area contributed by atoms with Crippen molar-refractivity contribution in [1.82, 2.24) is 14.6 Å². The first kappa shape index (κ1) is 19.5. The number of aromatic nitrogens is 3. The Kier molecular flexibility index (Phi) is 6.33. The van der Waals surface area contributed by atoms with Crippen molar-refractivity contribution in [2.24, 2.45) is 11.8 Å². The Labute approximate surface area is 172 Å². The molecule has 2 heterocycles. The van der Waals surface area contributed by atoms with Gasteiger partial charge in [0.15, 0.2) is 18.0 Å². The fourth-order valence-corrected chi connectivity index (χ4v) is 4.16. The van der Waals surface area contributed by atoms with E-state index in [9.17, 15) is 0 Å². The molecule has 1 aliphatic carbocycles. The van der Waals surface area contributed by atoms with Crippen LogP contribution in [0.4, 0.5) is 5.82 Å². The van der Waals surface area contributed by atoms with Gasteiger partial charge < -0.3 is 5.32 Å². The molecule has 4 rings (SSSR count). The minimum absolute atomic E-state index is 0.410. The predicted octanol–water partition coefficient (Wildman–Crippen LogP) is 4.49. The molecular formula is C19H22ClN5O2S. The van der Waals surface area contributed by atoms with E-state index < -0.39 is 0 Å². The number of fused-ring (bicyclic) bond motifs is 1. The second-order valence-corrected chi connectivity index (χ2v) is 7.94. The van der Waals surface area contributed by atoms with Crippen LogP contribution in [0.5, 0.6) is 0 Å². The lowest BCUT2D eigenvalue weighted by molar-refractivity contribution is 0.269. The molecule has 28 heavy (non-hydrogen) atoms. The molecule has 9 heteroatoms. The standard InChI is InChI=1S/C19H22ClN5O2S/c20-15-3-1-2-14(11-15)17-12-19-22-8-6-18(25(19)24-17)23-16-5-4-13(10-16)7-9-26-28-27-21/h1-3,6,8,11-13,16,23H,4-5,7,9-10,21H2/t13-,16?/m0/s1. The highest BCUT2D eigenvalue weighted by Gasteiger charge is 2.25. The molecular weight excluding hydrogens is 398 g/mol. The molecule has 1 unspecified atom stereocenters. The van der Waals surface area contributed by atoms with Gasteiger partial charge >= 0.3 is 0 Å². The van der Waals surface area contributed by atoms with Crippen molar-refractivity contribution in [3.63, 3.8) is 0 Å². The molecule has 7 nitrogen and oxygen atoms in total. The largest absolute Gasteiger partial charge is 0.367 e. The first-order chi connectivity index (χ1) is 13.7. The summed E-state index contributed by atoms with van der Waals surface area (Å²) < 4.78 is 11.4. The van der Waals surface area contributed by atoms with Gasteiger partial charge in [0.2, 0.25) is 0 Å². The molecule has 0 aliphatic heterocycles. The topological polar surface area (TPSA) is 86.7 Å². The molecule has 1 aromatic carbocycles. The summed E-state index contributed by atoms with van der Waals surface area (Å²) in [5.74, 6) is 6.51. The fourth-order valence-electron chi connectivity index (χ4n) is 3.75. The Balaban J connectivity index is 1.45. The molecule has 0 radical (unpaired) electrons. The molecule has 148 valence electrons. The molecule has 1 aliphatic rings. The van der Waals surface area contributed by atoms with E-state index >= 15 is 0 Å². The predicted molar refractivity (Wildman–Crippen MR) is 112 cm³/mol. The van der Waals surface area contributed by atoms with Crippen LogP contribution in [0.3, 0.4) is 0 Å². The van der Waals surface area contributed by atoms with Gasteiger partial charge in [-0.05, 0) is 49.8 Å². The number of nitrogens with two attached hydrogens (primary N) is 1. The number of rotatable bonds is 8. The quantitative estimate of drug-likeness (QED) is 0.316. The molecule has 0 amide bonds. The highest BCUT2D eigenvalue weighted by Crippen LogP contribution is 2.31. The zero-order valence-corrected chi connectivity index (χ0v) is 16.8. The van der Waals surface area contributed by atoms with Crippen LogP contribution in [-0.2, 0) is 8.47 Å². The van der Waals surface area contributed by atoms with E-state index in [1.807, 2.05) is 47.1 Å². The number of hydrogen-bond donors (Lipinski definition) is 2. The van der Waals surface area contributed by atoms with Gasteiger partial charge in [0.05, 0.1) is 12.3 Å². The first-order valence-electron chi connectivity index (χ1n) is 9.25. The zero-order valence-electron chi connectivity index (χ0n) is 15.3. The first-order valence-corrected chi connectivity index (χ1v) is 10.3. The van der Waals surface area contributed by atoms with Crippen LogP contribution >= 0.6 is 23.9 Å². The van der Waals surface area contributed by atoms with Crippen molar-refractivity contribution in [1.29, 1.82) is 0 Å². The Morgan fingerprint density at radius 3 is 3.07 bits per heavy atom. The number of nitrogens with zero attached hydrogens (tertiary/aromatic N) is 3. The van der Waals surface area contributed by atoms with Crippen molar-refractivity contribution >= 4 is 35.4 Å². The maximum absolute atomic E-state index is 6.12. The normalized spacial score (nSPS) is 19.4. The monoisotopic (exact) mass is 419 g/mol. The van der Waals surface area contributed by atoms with Crippen molar-refractivity contribution in [2.45, 2.75) is 31.7 Å². The third-order valence-electron chi connectivity index (χ3n) is 5.07. The number of benzene rings is 1. The van der Waals surface area contributed by atoms with E-state index in [-0.39, 0.29) is 0 Å². The molecule has 2 aromatic heterocycles.